The third-order valence-corrected chi connectivity index (χ3v) is 4.59. The molecule has 0 bridgehead atoms. The van der Waals surface area contributed by atoms with Crippen LogP contribution in [0.25, 0.3) is 17.2 Å². The fourth-order valence-electron chi connectivity index (χ4n) is 2.30. The van der Waals surface area contributed by atoms with Gasteiger partial charge in [-0.25, -0.2) is 27.2 Å². The third-order valence-electron chi connectivity index (χ3n) is 3.64. The minimum absolute atomic E-state index is 0.0206. The molecule has 3 aromatic rings. The van der Waals surface area contributed by atoms with Crippen LogP contribution < -0.4 is 16.8 Å². The summed E-state index contributed by atoms with van der Waals surface area (Å²) in [6.45, 7) is 0.414. The van der Waals surface area contributed by atoms with Gasteiger partial charge in [-0.3, -0.25) is 9.32 Å². The van der Waals surface area contributed by atoms with Crippen LogP contribution in [0.5, 0.6) is 0 Å². The predicted molar refractivity (Wildman–Crippen MR) is 91.8 cm³/mol. The molecule has 0 aliphatic carbocycles. The zero-order valence-electron chi connectivity index (χ0n) is 14.6. The summed E-state index contributed by atoms with van der Waals surface area (Å²) in [5, 5.41) is 13.8. The molecule has 4 N–H and O–H groups in total. The number of aromatic nitrogens is 4. The summed E-state index contributed by atoms with van der Waals surface area (Å²) in [5.41, 5.74) is 2.50. The first-order valence-corrected chi connectivity index (χ1v) is 9.09. The molecule has 2 aromatic heterocycles. The summed E-state index contributed by atoms with van der Waals surface area (Å²) in [6, 6.07) is 2.75. The number of alkyl halides is 2. The Morgan fingerprint density at radius 1 is 1.31 bits per heavy atom. The number of benzene rings is 1. The van der Waals surface area contributed by atoms with Gasteiger partial charge in [-0.1, -0.05) is 16.9 Å². The molecule has 154 valence electrons. The summed E-state index contributed by atoms with van der Waals surface area (Å²) in [7, 11) is 0. The molecule has 14 heteroatoms. The quantitative estimate of drug-likeness (QED) is 0.385. The molecule has 0 radical (unpaired) electrons. The summed E-state index contributed by atoms with van der Waals surface area (Å²) in [6.07, 6.45) is -3.08. The molecule has 0 atom stereocenters. The van der Waals surface area contributed by atoms with Crippen molar-refractivity contribution in [1.29, 1.82) is 0 Å². The van der Waals surface area contributed by atoms with Crippen molar-refractivity contribution in [3.63, 3.8) is 0 Å². The van der Waals surface area contributed by atoms with Crippen LogP contribution in [0.1, 0.15) is 12.0 Å². The van der Waals surface area contributed by atoms with E-state index < -0.39 is 23.6 Å². The Kier molecular flexibility index (Phi) is 6.33. The molecule has 29 heavy (non-hydrogen) atoms. The number of amides is 1. The Hall–Kier alpha value is -3.13. The summed E-state index contributed by atoms with van der Waals surface area (Å²) >= 11 is 1.15. The van der Waals surface area contributed by atoms with E-state index in [0.29, 0.717) is 12.3 Å². The van der Waals surface area contributed by atoms with Crippen LogP contribution in [0, 0.1) is 5.82 Å². The van der Waals surface area contributed by atoms with Crippen LogP contribution in [-0.2, 0) is 4.79 Å². The van der Waals surface area contributed by atoms with Gasteiger partial charge < -0.3 is 11.1 Å². The lowest BCUT2D eigenvalue weighted by Gasteiger charge is -2.07. The van der Waals surface area contributed by atoms with E-state index in [0.717, 1.165) is 34.5 Å². The lowest BCUT2D eigenvalue weighted by atomic mass is 10.2. The number of thioether (sulfide) groups is 1. The first-order valence-electron chi connectivity index (χ1n) is 8.10. The zero-order chi connectivity index (χ0) is 21.0. The molecule has 0 spiro atoms. The van der Waals surface area contributed by atoms with Gasteiger partial charge >= 0.3 is 5.76 Å². The van der Waals surface area contributed by atoms with Gasteiger partial charge in [0.25, 0.3) is 12.3 Å². The lowest BCUT2D eigenvalue weighted by Crippen LogP contribution is -2.57. The summed E-state index contributed by atoms with van der Waals surface area (Å²) < 4.78 is 49.7. The van der Waals surface area contributed by atoms with E-state index in [2.05, 4.69) is 35.7 Å². The maximum absolute atomic E-state index is 13.6. The summed E-state index contributed by atoms with van der Waals surface area (Å²) in [4.78, 5) is 23.3. The highest BCUT2D eigenvalue weighted by atomic mass is 32.2. The number of nitrogens with one attached hydrogen (secondary N) is 1. The van der Waals surface area contributed by atoms with Crippen molar-refractivity contribution in [2.24, 2.45) is 0 Å². The van der Waals surface area contributed by atoms with Crippen LogP contribution in [0.4, 0.5) is 13.2 Å². The first-order chi connectivity index (χ1) is 13.9. The molecule has 0 unspecified atom stereocenters. The molecule has 3 rings (SSSR count). The fourth-order valence-corrected chi connectivity index (χ4v) is 3.05. The average Bonchev–Trinajstić information content (AvgIpc) is 3.31. The summed E-state index contributed by atoms with van der Waals surface area (Å²) in [5.74, 6) is -2.10. The van der Waals surface area contributed by atoms with Gasteiger partial charge in [0.05, 0.1) is 11.3 Å². The number of nitrogens with zero attached hydrogens (tertiary/aromatic N) is 4. The highest BCUT2D eigenvalue weighted by Crippen LogP contribution is 2.29. The van der Waals surface area contributed by atoms with E-state index in [-0.39, 0.29) is 34.7 Å². The van der Waals surface area contributed by atoms with Crippen molar-refractivity contribution in [2.75, 3.05) is 18.8 Å². The molecule has 0 fully saturated rings. The second kappa shape index (κ2) is 8.91. The van der Waals surface area contributed by atoms with Crippen molar-refractivity contribution in [3.8, 4) is 17.2 Å². The van der Waals surface area contributed by atoms with Crippen molar-refractivity contribution in [2.45, 2.75) is 11.5 Å². The van der Waals surface area contributed by atoms with E-state index >= 15 is 0 Å². The molecule has 0 saturated carbocycles. The number of quaternary nitrogens is 1. The molecule has 10 nitrogen and oxygen atoms in total. The molecule has 2 heterocycles. The second-order valence-electron chi connectivity index (χ2n) is 5.48. The number of halogens is 3. The largest absolute Gasteiger partial charge is 0.446 e. The molecule has 1 aromatic carbocycles. The minimum atomic E-state index is -3.08. The third kappa shape index (κ3) is 4.48. The molecule has 0 aliphatic rings. The van der Waals surface area contributed by atoms with Gasteiger partial charge in [-0.15, -0.1) is 0 Å². The standard InChI is InChI=1S/C15H13F3N6O4S/c16-9-2-1-7(5-8(9)12(17)18)24-13(22-27-15(24)26)11-14(23-28-21-11)29-4-3-20-10(25)6-19/h1-2,5,12H,3-4,6,19H2,(H,20,25)/p+1. The maximum Gasteiger partial charge on any atom is 0.446 e. The Labute approximate surface area is 164 Å². The Morgan fingerprint density at radius 2 is 2.10 bits per heavy atom. The molecule has 0 aliphatic heterocycles. The number of hydrogen-bond acceptors (Lipinski definition) is 8. The van der Waals surface area contributed by atoms with E-state index in [4.69, 9.17) is 0 Å². The number of carbonyl (C=O) groups excluding carboxylic acids is 1. The number of rotatable bonds is 8. The van der Waals surface area contributed by atoms with Crippen molar-refractivity contribution >= 4 is 17.7 Å². The van der Waals surface area contributed by atoms with E-state index in [1.807, 2.05) is 0 Å². The van der Waals surface area contributed by atoms with Gasteiger partial charge in [-0.2, -0.15) is 0 Å². The normalized spacial score (nSPS) is 11.2. The van der Waals surface area contributed by atoms with Gasteiger partial charge in [0.1, 0.15) is 5.82 Å². The smallest absolute Gasteiger partial charge is 0.350 e. The fraction of sp³-hybridized carbons (Fsp3) is 0.267. The van der Waals surface area contributed by atoms with Crippen LogP contribution >= 0.6 is 11.8 Å². The zero-order valence-corrected chi connectivity index (χ0v) is 15.4. The highest BCUT2D eigenvalue weighted by Gasteiger charge is 2.24. The van der Waals surface area contributed by atoms with Crippen LogP contribution in [0.15, 0.2) is 37.2 Å². The first kappa shape index (κ1) is 20.6. The van der Waals surface area contributed by atoms with Crippen molar-refractivity contribution in [3.05, 3.63) is 40.1 Å². The second-order valence-corrected chi connectivity index (χ2v) is 6.56. The maximum atomic E-state index is 13.6. The van der Waals surface area contributed by atoms with Crippen molar-refractivity contribution < 1.29 is 32.9 Å². The average molecular weight is 431 g/mol. The van der Waals surface area contributed by atoms with Crippen LogP contribution in [-0.4, -0.2) is 44.8 Å². The molecule has 1 amide bonds. The Bertz CT molecular complexity index is 1070. The molecular weight excluding hydrogens is 417 g/mol. The predicted octanol–water partition coefficient (Wildman–Crippen LogP) is 0.402. The van der Waals surface area contributed by atoms with E-state index in [1.165, 1.54) is 0 Å². The van der Waals surface area contributed by atoms with E-state index in [9.17, 15) is 22.8 Å². The Balaban J connectivity index is 1.90. The van der Waals surface area contributed by atoms with Gasteiger partial charge in [0.2, 0.25) is 5.82 Å². The lowest BCUT2D eigenvalue weighted by molar-refractivity contribution is -0.355. The van der Waals surface area contributed by atoms with Gasteiger partial charge in [0.15, 0.2) is 17.3 Å². The van der Waals surface area contributed by atoms with E-state index in [1.54, 1.807) is 0 Å². The Morgan fingerprint density at radius 3 is 2.83 bits per heavy atom. The van der Waals surface area contributed by atoms with Crippen molar-refractivity contribution in [1.82, 2.24) is 25.4 Å². The SMILES string of the molecule is [NH3+]CC(=O)NCCSc1nonc1-c1noc(=O)n1-c1ccc(F)c(C(F)F)c1. The molecule has 0 saturated heterocycles. The molecular formula is C15H14F3N6O4S+. The number of hydrogen-bond donors (Lipinski definition) is 2. The minimum Gasteiger partial charge on any atom is -0.350 e. The highest BCUT2D eigenvalue weighted by molar-refractivity contribution is 7.99. The van der Waals surface area contributed by atoms with Crippen LogP contribution in [0.3, 0.4) is 0 Å². The number of carbonyl (C=O) groups is 1. The van der Waals surface area contributed by atoms with Crippen LogP contribution in [0.2, 0.25) is 0 Å². The monoisotopic (exact) mass is 431 g/mol. The van der Waals surface area contributed by atoms with Gasteiger partial charge in [0, 0.05) is 12.3 Å². The van der Waals surface area contributed by atoms with Gasteiger partial charge in [-0.05, 0) is 28.5 Å². The topological polar surface area (TPSA) is 144 Å².